The molecule has 1 atom stereocenters. The molecule has 0 aromatic heterocycles. The number of rotatable bonds is 4. The molecule has 3 saturated carbocycles. The second-order valence-electron chi connectivity index (χ2n) is 4.86. The quantitative estimate of drug-likeness (QED) is 0.552. The highest BCUT2D eigenvalue weighted by Crippen LogP contribution is 2.60. The standard InChI is InChI=1S/C9H14N2O3/c12-7(13)11-9-3-8(4-9,5-9)10-1-6-2-14-6/h6,10-11H,1-5H2,(H,12,13). The van der Waals surface area contributed by atoms with Gasteiger partial charge in [-0.25, -0.2) is 4.79 Å². The van der Waals surface area contributed by atoms with Crippen LogP contribution >= 0.6 is 0 Å². The van der Waals surface area contributed by atoms with Crippen molar-refractivity contribution in [2.75, 3.05) is 13.2 Å². The van der Waals surface area contributed by atoms with E-state index in [0.717, 1.165) is 32.4 Å². The molecule has 1 saturated heterocycles. The third-order valence-electron chi connectivity index (χ3n) is 3.51. The number of hydrogen-bond acceptors (Lipinski definition) is 3. The third kappa shape index (κ3) is 1.19. The van der Waals surface area contributed by atoms with E-state index in [4.69, 9.17) is 9.84 Å². The summed E-state index contributed by atoms with van der Waals surface area (Å²) in [5, 5.41) is 14.7. The van der Waals surface area contributed by atoms with Crippen molar-refractivity contribution in [1.29, 1.82) is 0 Å². The zero-order valence-corrected chi connectivity index (χ0v) is 7.88. The zero-order chi connectivity index (χ0) is 9.81. The van der Waals surface area contributed by atoms with Crippen LogP contribution in [0.4, 0.5) is 4.79 Å². The molecule has 1 unspecified atom stereocenters. The van der Waals surface area contributed by atoms with Crippen LogP contribution in [0, 0.1) is 0 Å². The van der Waals surface area contributed by atoms with Crippen molar-refractivity contribution in [3.05, 3.63) is 0 Å². The highest BCUT2D eigenvalue weighted by atomic mass is 16.6. The SMILES string of the molecule is O=C(O)NC12CC(NCC3CO3)(C1)C2. The van der Waals surface area contributed by atoms with Crippen LogP contribution in [-0.2, 0) is 4.74 Å². The molecule has 0 aromatic carbocycles. The second kappa shape index (κ2) is 2.41. The van der Waals surface area contributed by atoms with E-state index in [-0.39, 0.29) is 11.1 Å². The van der Waals surface area contributed by atoms with Crippen molar-refractivity contribution in [3.8, 4) is 0 Å². The van der Waals surface area contributed by atoms with Crippen molar-refractivity contribution in [2.45, 2.75) is 36.4 Å². The molecule has 2 bridgehead atoms. The number of epoxide rings is 1. The number of hydrogen-bond donors (Lipinski definition) is 3. The number of amides is 1. The fraction of sp³-hybridized carbons (Fsp3) is 0.889. The zero-order valence-electron chi connectivity index (χ0n) is 7.88. The van der Waals surface area contributed by atoms with E-state index in [2.05, 4.69) is 10.6 Å². The summed E-state index contributed by atoms with van der Waals surface area (Å²) >= 11 is 0. The first-order chi connectivity index (χ1) is 6.62. The largest absolute Gasteiger partial charge is 0.465 e. The molecule has 4 aliphatic rings. The fourth-order valence-electron chi connectivity index (χ4n) is 2.85. The van der Waals surface area contributed by atoms with Crippen LogP contribution < -0.4 is 10.6 Å². The summed E-state index contributed by atoms with van der Waals surface area (Å²) in [5.41, 5.74) is 0.137. The predicted octanol–water partition coefficient (Wildman–Crippen LogP) is -0.0825. The monoisotopic (exact) mass is 198 g/mol. The van der Waals surface area contributed by atoms with Crippen LogP contribution in [0.3, 0.4) is 0 Å². The molecule has 3 aliphatic carbocycles. The predicted molar refractivity (Wildman–Crippen MR) is 48.2 cm³/mol. The van der Waals surface area contributed by atoms with Crippen LogP contribution in [0.5, 0.6) is 0 Å². The van der Waals surface area contributed by atoms with Crippen LogP contribution in [0.2, 0.25) is 0 Å². The highest BCUT2D eigenvalue weighted by Gasteiger charge is 2.68. The molecular weight excluding hydrogens is 184 g/mol. The maximum Gasteiger partial charge on any atom is 0.405 e. The van der Waals surface area contributed by atoms with Crippen LogP contribution in [0.1, 0.15) is 19.3 Å². The molecule has 0 radical (unpaired) electrons. The summed E-state index contributed by atoms with van der Waals surface area (Å²) in [6.45, 7) is 1.80. The van der Waals surface area contributed by atoms with Gasteiger partial charge in [-0.3, -0.25) is 0 Å². The van der Waals surface area contributed by atoms with Crippen LogP contribution in [0.15, 0.2) is 0 Å². The molecule has 1 heterocycles. The molecule has 0 spiro atoms. The first-order valence-corrected chi connectivity index (χ1v) is 4.99. The first kappa shape index (κ1) is 8.49. The lowest BCUT2D eigenvalue weighted by molar-refractivity contribution is -0.0991. The van der Waals surface area contributed by atoms with Crippen molar-refractivity contribution in [3.63, 3.8) is 0 Å². The second-order valence-corrected chi connectivity index (χ2v) is 4.86. The number of nitrogens with one attached hydrogen (secondary N) is 2. The van der Waals surface area contributed by atoms with E-state index in [9.17, 15) is 4.79 Å². The molecule has 5 nitrogen and oxygen atoms in total. The number of carboxylic acid groups (broad SMARTS) is 1. The van der Waals surface area contributed by atoms with Gasteiger partial charge in [-0.2, -0.15) is 0 Å². The van der Waals surface area contributed by atoms with Crippen LogP contribution in [0.25, 0.3) is 0 Å². The average Bonchev–Trinajstić information content (AvgIpc) is 2.73. The molecule has 14 heavy (non-hydrogen) atoms. The van der Waals surface area contributed by atoms with Crippen molar-refractivity contribution in [2.24, 2.45) is 0 Å². The van der Waals surface area contributed by atoms with E-state index >= 15 is 0 Å². The molecule has 3 N–H and O–H groups in total. The Morgan fingerprint density at radius 2 is 2.07 bits per heavy atom. The van der Waals surface area contributed by atoms with E-state index in [1.165, 1.54) is 0 Å². The van der Waals surface area contributed by atoms with E-state index < -0.39 is 6.09 Å². The van der Waals surface area contributed by atoms with Crippen LogP contribution in [-0.4, -0.2) is 41.5 Å². The van der Waals surface area contributed by atoms with Crippen molar-refractivity contribution < 1.29 is 14.6 Å². The summed E-state index contributed by atoms with van der Waals surface area (Å²) in [6.07, 6.45) is 2.34. The Morgan fingerprint density at radius 3 is 2.57 bits per heavy atom. The Hall–Kier alpha value is -0.810. The van der Waals surface area contributed by atoms with Crippen molar-refractivity contribution in [1.82, 2.24) is 10.6 Å². The Kier molecular flexibility index (Phi) is 1.46. The number of ether oxygens (including phenoxy) is 1. The van der Waals surface area contributed by atoms with Gasteiger partial charge >= 0.3 is 6.09 Å². The topological polar surface area (TPSA) is 73.9 Å². The molecule has 5 heteroatoms. The lowest BCUT2D eigenvalue weighted by Gasteiger charge is -2.70. The smallest absolute Gasteiger partial charge is 0.405 e. The van der Waals surface area contributed by atoms with Gasteiger partial charge in [0.05, 0.1) is 12.7 Å². The highest BCUT2D eigenvalue weighted by molar-refractivity contribution is 5.67. The van der Waals surface area contributed by atoms with E-state index in [1.54, 1.807) is 0 Å². The van der Waals surface area contributed by atoms with Gasteiger partial charge in [-0.15, -0.1) is 0 Å². The molecule has 1 aliphatic heterocycles. The van der Waals surface area contributed by atoms with Gasteiger partial charge in [0.15, 0.2) is 0 Å². The molecule has 1 amide bonds. The van der Waals surface area contributed by atoms with Gasteiger partial charge < -0.3 is 20.5 Å². The van der Waals surface area contributed by atoms with Gasteiger partial charge in [0.25, 0.3) is 0 Å². The summed E-state index contributed by atoms with van der Waals surface area (Å²) < 4.78 is 5.11. The summed E-state index contributed by atoms with van der Waals surface area (Å²) in [4.78, 5) is 10.5. The lowest BCUT2D eigenvalue weighted by atomic mass is 9.44. The van der Waals surface area contributed by atoms with E-state index in [1.807, 2.05) is 0 Å². The van der Waals surface area contributed by atoms with Gasteiger partial charge in [0.2, 0.25) is 0 Å². The average molecular weight is 198 g/mol. The normalized spacial score (nSPS) is 47.6. The molecule has 4 rings (SSSR count). The van der Waals surface area contributed by atoms with Crippen molar-refractivity contribution >= 4 is 6.09 Å². The molecule has 0 aromatic rings. The number of carbonyl (C=O) groups is 1. The minimum absolute atomic E-state index is 0.0940. The Balaban J connectivity index is 1.46. The third-order valence-corrected chi connectivity index (χ3v) is 3.51. The van der Waals surface area contributed by atoms with E-state index in [0.29, 0.717) is 6.10 Å². The van der Waals surface area contributed by atoms with Gasteiger partial charge in [-0.05, 0) is 19.3 Å². The maximum absolute atomic E-state index is 10.5. The Morgan fingerprint density at radius 1 is 1.43 bits per heavy atom. The van der Waals surface area contributed by atoms with Gasteiger partial charge in [-0.1, -0.05) is 0 Å². The summed E-state index contributed by atoms with van der Waals surface area (Å²) in [5.74, 6) is 0. The maximum atomic E-state index is 10.5. The minimum Gasteiger partial charge on any atom is -0.465 e. The lowest BCUT2D eigenvalue weighted by Crippen LogP contribution is -2.83. The molecular formula is C9H14N2O3. The first-order valence-electron chi connectivity index (χ1n) is 4.99. The summed E-state index contributed by atoms with van der Waals surface area (Å²) in [6, 6.07) is 0. The van der Waals surface area contributed by atoms with Gasteiger partial charge in [0, 0.05) is 17.6 Å². The molecule has 78 valence electrons. The Labute approximate surface area is 81.8 Å². The Bertz CT molecular complexity index is 268. The van der Waals surface area contributed by atoms with Gasteiger partial charge in [0.1, 0.15) is 0 Å². The fourth-order valence-corrected chi connectivity index (χ4v) is 2.85. The molecule has 4 fully saturated rings. The summed E-state index contributed by atoms with van der Waals surface area (Å²) in [7, 11) is 0. The minimum atomic E-state index is -0.899.